The van der Waals surface area contributed by atoms with Crippen molar-refractivity contribution in [2.45, 2.75) is 44.4 Å². The average Bonchev–Trinajstić information content (AvgIpc) is 2.41. The number of benzene rings is 1. The van der Waals surface area contributed by atoms with Gasteiger partial charge in [0.1, 0.15) is 0 Å². The third-order valence-corrected chi connectivity index (χ3v) is 4.96. The topological polar surface area (TPSA) is 40.5 Å². The quantitative estimate of drug-likeness (QED) is 0.802. The lowest BCUT2D eigenvalue weighted by molar-refractivity contribution is -0.132. The highest BCUT2D eigenvalue weighted by atomic mass is 32.2. The molecule has 1 aliphatic carbocycles. The van der Waals surface area contributed by atoms with Gasteiger partial charge in [-0.05, 0) is 38.2 Å². The molecule has 116 valence electrons. The summed E-state index contributed by atoms with van der Waals surface area (Å²) in [5, 5.41) is 8.98. The van der Waals surface area contributed by atoms with Crippen molar-refractivity contribution < 1.29 is 9.90 Å². The first-order chi connectivity index (χ1) is 10.2. The molecule has 1 aliphatic rings. The average molecular weight is 307 g/mol. The molecule has 0 heterocycles. The molecule has 1 saturated carbocycles. The molecule has 1 aromatic carbocycles. The number of nitrogens with zero attached hydrogens (tertiary/aromatic N) is 1. The van der Waals surface area contributed by atoms with E-state index in [4.69, 9.17) is 5.11 Å². The monoisotopic (exact) mass is 307 g/mol. The maximum absolute atomic E-state index is 12.4. The summed E-state index contributed by atoms with van der Waals surface area (Å²) in [6.07, 6.45) is 4.16. The van der Waals surface area contributed by atoms with Crippen LogP contribution in [-0.2, 0) is 10.5 Å². The van der Waals surface area contributed by atoms with Crippen molar-refractivity contribution in [1.29, 1.82) is 0 Å². The van der Waals surface area contributed by atoms with Crippen molar-refractivity contribution in [2.75, 3.05) is 18.9 Å². The summed E-state index contributed by atoms with van der Waals surface area (Å²) >= 11 is 1.68. The zero-order valence-corrected chi connectivity index (χ0v) is 13.6. The Bertz CT molecular complexity index is 460. The molecule has 0 unspecified atom stereocenters. The molecule has 0 aromatic heterocycles. The van der Waals surface area contributed by atoms with E-state index >= 15 is 0 Å². The molecule has 1 amide bonds. The molecule has 21 heavy (non-hydrogen) atoms. The van der Waals surface area contributed by atoms with Gasteiger partial charge in [-0.3, -0.25) is 4.79 Å². The van der Waals surface area contributed by atoms with Crippen LogP contribution in [0.25, 0.3) is 0 Å². The van der Waals surface area contributed by atoms with Gasteiger partial charge in [0.15, 0.2) is 0 Å². The molecule has 0 bridgehead atoms. The Morgan fingerprint density at radius 3 is 2.86 bits per heavy atom. The minimum atomic E-state index is 0.160. The summed E-state index contributed by atoms with van der Waals surface area (Å²) in [6, 6.07) is 8.86. The van der Waals surface area contributed by atoms with Gasteiger partial charge in [-0.15, -0.1) is 11.8 Å². The summed E-state index contributed by atoms with van der Waals surface area (Å²) in [6.45, 7) is 2.95. The molecule has 0 aliphatic heterocycles. The zero-order chi connectivity index (χ0) is 15.1. The summed E-state index contributed by atoms with van der Waals surface area (Å²) < 4.78 is 0. The molecule has 3 nitrogen and oxygen atoms in total. The minimum absolute atomic E-state index is 0.160. The van der Waals surface area contributed by atoms with Crippen molar-refractivity contribution in [1.82, 2.24) is 4.90 Å². The predicted molar refractivity (Wildman–Crippen MR) is 88.4 cm³/mol. The number of rotatable bonds is 8. The van der Waals surface area contributed by atoms with Gasteiger partial charge in [0.05, 0.1) is 5.75 Å². The molecule has 1 fully saturated rings. The van der Waals surface area contributed by atoms with Gasteiger partial charge in [-0.25, -0.2) is 0 Å². The van der Waals surface area contributed by atoms with Crippen molar-refractivity contribution >= 4 is 17.7 Å². The Morgan fingerprint density at radius 2 is 2.24 bits per heavy atom. The first-order valence-electron chi connectivity index (χ1n) is 7.74. The van der Waals surface area contributed by atoms with Crippen LogP contribution in [0.2, 0.25) is 0 Å². The molecule has 1 aromatic rings. The van der Waals surface area contributed by atoms with Gasteiger partial charge in [0.2, 0.25) is 5.91 Å². The Labute approximate surface area is 131 Å². The van der Waals surface area contributed by atoms with Crippen LogP contribution in [0, 0.1) is 6.92 Å². The Hall–Kier alpha value is -1.00. The van der Waals surface area contributed by atoms with Gasteiger partial charge in [0, 0.05) is 24.9 Å². The second-order valence-electron chi connectivity index (χ2n) is 5.73. The Morgan fingerprint density at radius 1 is 1.43 bits per heavy atom. The third-order valence-electron chi connectivity index (χ3n) is 3.97. The fourth-order valence-corrected chi connectivity index (χ4v) is 3.45. The zero-order valence-electron chi connectivity index (χ0n) is 12.8. The van der Waals surface area contributed by atoms with E-state index in [0.717, 1.165) is 18.6 Å². The Kier molecular flexibility index (Phi) is 6.58. The first kappa shape index (κ1) is 16.4. The number of amides is 1. The number of carbonyl (C=O) groups excluding carboxylic acids is 1. The third kappa shape index (κ3) is 5.04. The summed E-state index contributed by atoms with van der Waals surface area (Å²) in [4.78, 5) is 14.4. The van der Waals surface area contributed by atoms with Gasteiger partial charge in [-0.2, -0.15) is 0 Å². The molecule has 0 atom stereocenters. The number of hydrogen-bond donors (Lipinski definition) is 1. The predicted octanol–water partition coefficient (Wildman–Crippen LogP) is 2.99. The highest BCUT2D eigenvalue weighted by Gasteiger charge is 2.27. The van der Waals surface area contributed by atoms with Crippen LogP contribution in [0.15, 0.2) is 24.3 Å². The number of carbonyl (C=O) groups is 1. The molecular weight excluding hydrogens is 282 g/mol. The number of hydrogen-bond acceptors (Lipinski definition) is 3. The smallest absolute Gasteiger partial charge is 0.232 e. The van der Waals surface area contributed by atoms with Crippen LogP contribution in [0.5, 0.6) is 0 Å². The summed E-state index contributed by atoms with van der Waals surface area (Å²) in [5.41, 5.74) is 2.54. The van der Waals surface area contributed by atoms with Crippen LogP contribution >= 0.6 is 11.8 Å². The summed E-state index contributed by atoms with van der Waals surface area (Å²) in [7, 11) is 0. The van der Waals surface area contributed by atoms with E-state index in [-0.39, 0.29) is 12.5 Å². The minimum Gasteiger partial charge on any atom is -0.396 e. The highest BCUT2D eigenvalue weighted by Crippen LogP contribution is 2.26. The second-order valence-corrected chi connectivity index (χ2v) is 6.72. The normalized spacial score (nSPS) is 14.8. The second kappa shape index (κ2) is 8.44. The molecule has 4 heteroatoms. The van der Waals surface area contributed by atoms with Crippen LogP contribution in [-0.4, -0.2) is 40.9 Å². The van der Waals surface area contributed by atoms with E-state index in [0.29, 0.717) is 24.8 Å². The largest absolute Gasteiger partial charge is 0.396 e. The fraction of sp³-hybridized carbons (Fsp3) is 0.588. The van der Waals surface area contributed by atoms with E-state index < -0.39 is 0 Å². The van der Waals surface area contributed by atoms with E-state index in [1.54, 1.807) is 11.8 Å². The molecular formula is C17H25NO2S. The Balaban J connectivity index is 1.78. The number of aryl methyl sites for hydroxylation is 1. The molecule has 1 N–H and O–H groups in total. The number of aliphatic hydroxyl groups excluding tert-OH is 1. The highest BCUT2D eigenvalue weighted by molar-refractivity contribution is 7.99. The first-order valence-corrected chi connectivity index (χ1v) is 8.90. The van der Waals surface area contributed by atoms with Crippen LogP contribution in [0.1, 0.15) is 36.8 Å². The van der Waals surface area contributed by atoms with E-state index in [2.05, 4.69) is 31.2 Å². The lowest BCUT2D eigenvalue weighted by Crippen LogP contribution is -2.45. The lowest BCUT2D eigenvalue weighted by atomic mass is 9.91. The number of thioether (sulfide) groups is 1. The number of aliphatic hydroxyl groups is 1. The van der Waals surface area contributed by atoms with Crippen molar-refractivity contribution in [2.24, 2.45) is 0 Å². The van der Waals surface area contributed by atoms with Gasteiger partial charge >= 0.3 is 0 Å². The van der Waals surface area contributed by atoms with E-state index in [9.17, 15) is 4.79 Å². The van der Waals surface area contributed by atoms with Crippen molar-refractivity contribution in [3.05, 3.63) is 35.4 Å². The van der Waals surface area contributed by atoms with Gasteiger partial charge in [0.25, 0.3) is 0 Å². The maximum atomic E-state index is 12.4. The van der Waals surface area contributed by atoms with Crippen molar-refractivity contribution in [3.8, 4) is 0 Å². The molecule has 0 saturated heterocycles. The van der Waals surface area contributed by atoms with Crippen molar-refractivity contribution in [3.63, 3.8) is 0 Å². The summed E-state index contributed by atoms with van der Waals surface area (Å²) in [5.74, 6) is 1.65. The standard InChI is InChI=1S/C17H25NO2S/c1-14-5-2-6-15(11-14)12-21-13-17(20)18(9-4-10-19)16-7-3-8-16/h2,5-6,11,16,19H,3-4,7-10,12-13H2,1H3. The SMILES string of the molecule is Cc1cccc(CSCC(=O)N(CCCO)C2CCC2)c1. The maximum Gasteiger partial charge on any atom is 0.232 e. The van der Waals surface area contributed by atoms with E-state index in [1.807, 2.05) is 4.90 Å². The molecule has 0 spiro atoms. The van der Waals surface area contributed by atoms with E-state index in [1.165, 1.54) is 17.5 Å². The molecule has 0 radical (unpaired) electrons. The van der Waals surface area contributed by atoms with Gasteiger partial charge in [-0.1, -0.05) is 29.8 Å². The van der Waals surface area contributed by atoms with Crippen LogP contribution in [0.3, 0.4) is 0 Å². The van der Waals surface area contributed by atoms with Crippen LogP contribution in [0.4, 0.5) is 0 Å². The van der Waals surface area contributed by atoms with Crippen LogP contribution < -0.4 is 0 Å². The fourth-order valence-electron chi connectivity index (χ4n) is 2.59. The van der Waals surface area contributed by atoms with Gasteiger partial charge < -0.3 is 10.0 Å². The lowest BCUT2D eigenvalue weighted by Gasteiger charge is -2.37. The molecule has 2 rings (SSSR count).